The normalized spacial score (nSPS) is 18.0. The second-order valence-corrected chi connectivity index (χ2v) is 7.48. The zero-order valence-electron chi connectivity index (χ0n) is 17.3. The van der Waals surface area contributed by atoms with Crippen LogP contribution in [0.15, 0.2) is 73.1 Å². The molecule has 1 saturated heterocycles. The number of benzene rings is 1. The first-order valence-electron chi connectivity index (χ1n) is 10.3. The molecule has 1 atom stereocenters. The molecule has 1 aromatic carbocycles. The summed E-state index contributed by atoms with van der Waals surface area (Å²) in [4.78, 5) is 35.5. The number of Topliss-reactive ketones (excluding diaryl/α,β-unsaturated/α-hetero) is 1. The summed E-state index contributed by atoms with van der Waals surface area (Å²) in [6, 6.07) is 10.5. The number of aryl methyl sites for hydroxylation is 2. The number of amides is 1. The number of aromatic nitrogens is 3. The van der Waals surface area contributed by atoms with E-state index in [1.54, 1.807) is 42.0 Å². The third-order valence-electron chi connectivity index (χ3n) is 5.57. The van der Waals surface area contributed by atoms with Gasteiger partial charge in [0.1, 0.15) is 5.76 Å². The maximum Gasteiger partial charge on any atom is 0.295 e. The van der Waals surface area contributed by atoms with Crippen molar-refractivity contribution in [2.24, 2.45) is 0 Å². The number of aliphatic hydroxyl groups excluding tert-OH is 1. The fourth-order valence-corrected chi connectivity index (χ4v) is 3.90. The van der Waals surface area contributed by atoms with E-state index in [2.05, 4.69) is 16.9 Å². The van der Waals surface area contributed by atoms with Crippen molar-refractivity contribution < 1.29 is 14.7 Å². The minimum atomic E-state index is -0.665. The van der Waals surface area contributed by atoms with Crippen molar-refractivity contribution >= 4 is 17.4 Å². The Bertz CT molecular complexity index is 1090. The number of likely N-dealkylation sites (tertiary alicyclic amines) is 1. The lowest BCUT2D eigenvalue weighted by Gasteiger charge is -2.25. The summed E-state index contributed by atoms with van der Waals surface area (Å²) in [7, 11) is 0. The average Bonchev–Trinajstić information content (AvgIpc) is 3.41. The van der Waals surface area contributed by atoms with Crippen LogP contribution >= 0.6 is 0 Å². The highest BCUT2D eigenvalue weighted by atomic mass is 16.3. The van der Waals surface area contributed by atoms with Gasteiger partial charge in [-0.3, -0.25) is 14.6 Å². The number of nitrogens with zero attached hydrogens (tertiary/aromatic N) is 4. The molecule has 1 fully saturated rings. The molecule has 2 aromatic heterocycles. The number of pyridine rings is 1. The first-order valence-corrected chi connectivity index (χ1v) is 10.3. The molecule has 0 spiro atoms. The molecule has 1 aliphatic rings. The molecule has 31 heavy (non-hydrogen) atoms. The molecule has 0 saturated carbocycles. The summed E-state index contributed by atoms with van der Waals surface area (Å²) < 4.78 is 1.93. The number of aliphatic hydroxyl groups is 1. The minimum Gasteiger partial charge on any atom is -0.507 e. The molecule has 0 aliphatic carbocycles. The molecule has 0 bridgehead atoms. The summed E-state index contributed by atoms with van der Waals surface area (Å²) in [6.45, 7) is 3.13. The second-order valence-electron chi connectivity index (χ2n) is 7.48. The first kappa shape index (κ1) is 20.5. The molecule has 7 nitrogen and oxygen atoms in total. The Morgan fingerprint density at radius 3 is 2.39 bits per heavy atom. The SMILES string of the molecule is CCc1ccc(C2C(=C(O)c3ccncc3)C(=O)C(=O)N2CCCn2ccnc2)cc1. The van der Waals surface area contributed by atoms with Crippen LogP contribution in [0, 0.1) is 0 Å². The highest BCUT2D eigenvalue weighted by Crippen LogP contribution is 2.39. The zero-order valence-corrected chi connectivity index (χ0v) is 17.3. The van der Waals surface area contributed by atoms with Crippen molar-refractivity contribution in [2.45, 2.75) is 32.4 Å². The Morgan fingerprint density at radius 2 is 1.74 bits per heavy atom. The van der Waals surface area contributed by atoms with E-state index in [1.807, 2.05) is 35.0 Å². The van der Waals surface area contributed by atoms with Crippen LogP contribution in [-0.4, -0.2) is 42.8 Å². The van der Waals surface area contributed by atoms with Crippen molar-refractivity contribution in [3.05, 3.63) is 89.8 Å². The van der Waals surface area contributed by atoms with Gasteiger partial charge in [0.05, 0.1) is 17.9 Å². The average molecular weight is 416 g/mol. The predicted molar refractivity (Wildman–Crippen MR) is 116 cm³/mol. The maximum atomic E-state index is 13.0. The second kappa shape index (κ2) is 8.95. The molecular formula is C24H24N4O3. The van der Waals surface area contributed by atoms with Crippen LogP contribution in [0.4, 0.5) is 0 Å². The van der Waals surface area contributed by atoms with Crippen LogP contribution in [0.25, 0.3) is 5.76 Å². The van der Waals surface area contributed by atoms with Crippen molar-refractivity contribution in [3.8, 4) is 0 Å². The summed E-state index contributed by atoms with van der Waals surface area (Å²) in [6.07, 6.45) is 9.92. The van der Waals surface area contributed by atoms with Crippen LogP contribution in [0.2, 0.25) is 0 Å². The van der Waals surface area contributed by atoms with Gasteiger partial charge < -0.3 is 14.6 Å². The Morgan fingerprint density at radius 1 is 1.00 bits per heavy atom. The predicted octanol–water partition coefficient (Wildman–Crippen LogP) is 3.35. The molecule has 3 heterocycles. The van der Waals surface area contributed by atoms with Crippen LogP contribution in [0.5, 0.6) is 0 Å². The van der Waals surface area contributed by atoms with E-state index in [1.165, 1.54) is 0 Å². The largest absolute Gasteiger partial charge is 0.507 e. The van der Waals surface area contributed by atoms with Crippen molar-refractivity contribution in [1.29, 1.82) is 0 Å². The number of hydrogen-bond donors (Lipinski definition) is 1. The van der Waals surface area contributed by atoms with E-state index in [0.29, 0.717) is 25.1 Å². The number of hydrogen-bond acceptors (Lipinski definition) is 5. The molecule has 4 rings (SSSR count). The maximum absolute atomic E-state index is 13.0. The van der Waals surface area contributed by atoms with Gasteiger partial charge in [0.15, 0.2) is 0 Å². The van der Waals surface area contributed by atoms with Gasteiger partial charge in [0.25, 0.3) is 11.7 Å². The van der Waals surface area contributed by atoms with Gasteiger partial charge in [-0.2, -0.15) is 0 Å². The lowest BCUT2D eigenvalue weighted by Crippen LogP contribution is -2.31. The van der Waals surface area contributed by atoms with Gasteiger partial charge in [-0.15, -0.1) is 0 Å². The van der Waals surface area contributed by atoms with Crippen molar-refractivity contribution in [1.82, 2.24) is 19.4 Å². The third-order valence-corrected chi connectivity index (χ3v) is 5.57. The smallest absolute Gasteiger partial charge is 0.295 e. The van der Waals surface area contributed by atoms with Crippen LogP contribution in [0.1, 0.15) is 36.1 Å². The Labute approximate surface area is 180 Å². The molecule has 7 heteroatoms. The van der Waals surface area contributed by atoms with Gasteiger partial charge in [0.2, 0.25) is 0 Å². The lowest BCUT2D eigenvalue weighted by atomic mass is 9.94. The number of carbonyl (C=O) groups excluding carboxylic acids is 2. The molecular weight excluding hydrogens is 392 g/mol. The standard InChI is InChI=1S/C24H24N4O3/c1-2-17-4-6-18(7-5-17)21-20(22(29)19-8-10-25-11-9-19)23(30)24(31)28(21)14-3-13-27-15-12-26-16-27/h4-12,15-16,21,29H,2-3,13-14H2,1H3. The van der Waals surface area contributed by atoms with E-state index in [4.69, 9.17) is 0 Å². The minimum absolute atomic E-state index is 0.114. The first-order chi connectivity index (χ1) is 15.1. The highest BCUT2D eigenvalue weighted by Gasteiger charge is 2.45. The monoisotopic (exact) mass is 416 g/mol. The van der Waals surface area contributed by atoms with Gasteiger partial charge in [0, 0.05) is 43.4 Å². The van der Waals surface area contributed by atoms with E-state index in [0.717, 1.165) is 17.5 Å². The molecule has 1 unspecified atom stereocenters. The zero-order chi connectivity index (χ0) is 21.8. The summed E-state index contributed by atoms with van der Waals surface area (Å²) in [5, 5.41) is 11.0. The fraction of sp³-hybridized carbons (Fsp3) is 0.250. The summed E-state index contributed by atoms with van der Waals surface area (Å²) in [5.41, 5.74) is 2.54. The summed E-state index contributed by atoms with van der Waals surface area (Å²) >= 11 is 0. The third kappa shape index (κ3) is 4.12. The molecule has 1 aliphatic heterocycles. The van der Waals surface area contributed by atoms with Gasteiger partial charge in [-0.1, -0.05) is 31.2 Å². The Kier molecular flexibility index (Phi) is 5.93. The topological polar surface area (TPSA) is 88.3 Å². The van der Waals surface area contributed by atoms with Crippen LogP contribution < -0.4 is 0 Å². The van der Waals surface area contributed by atoms with Crippen molar-refractivity contribution in [2.75, 3.05) is 6.54 Å². The van der Waals surface area contributed by atoms with Gasteiger partial charge >= 0.3 is 0 Å². The summed E-state index contributed by atoms with van der Waals surface area (Å²) in [5.74, 6) is -1.44. The molecule has 3 aromatic rings. The Hall–Kier alpha value is -3.74. The quantitative estimate of drug-likeness (QED) is 0.363. The fourth-order valence-electron chi connectivity index (χ4n) is 3.90. The van der Waals surface area contributed by atoms with E-state index < -0.39 is 17.7 Å². The van der Waals surface area contributed by atoms with E-state index in [-0.39, 0.29) is 11.3 Å². The molecule has 1 amide bonds. The molecule has 0 radical (unpaired) electrons. The van der Waals surface area contributed by atoms with E-state index >= 15 is 0 Å². The van der Waals surface area contributed by atoms with Crippen LogP contribution in [0.3, 0.4) is 0 Å². The van der Waals surface area contributed by atoms with Gasteiger partial charge in [-0.25, -0.2) is 4.98 Å². The highest BCUT2D eigenvalue weighted by molar-refractivity contribution is 6.46. The van der Waals surface area contributed by atoms with Crippen molar-refractivity contribution in [3.63, 3.8) is 0 Å². The molecule has 1 N–H and O–H groups in total. The lowest BCUT2D eigenvalue weighted by molar-refractivity contribution is -0.139. The number of rotatable bonds is 7. The number of carbonyl (C=O) groups is 2. The molecule has 158 valence electrons. The van der Waals surface area contributed by atoms with Gasteiger partial charge in [-0.05, 0) is 36.1 Å². The number of ketones is 1. The van der Waals surface area contributed by atoms with E-state index in [9.17, 15) is 14.7 Å². The van der Waals surface area contributed by atoms with Crippen LogP contribution in [-0.2, 0) is 22.6 Å². The number of imidazole rings is 1. The Balaban J connectivity index is 1.72.